The van der Waals surface area contributed by atoms with Crippen LogP contribution in [-0.4, -0.2) is 79.7 Å². The molecule has 1 N–H and O–H groups in total. The molecule has 2 heterocycles. The molecule has 2 aliphatic heterocycles. The molecule has 1 atom stereocenters. The number of para-hydroxylation sites is 1. The Hall–Kier alpha value is -2.29. The van der Waals surface area contributed by atoms with Gasteiger partial charge in [-0.05, 0) is 31.9 Å². The van der Waals surface area contributed by atoms with E-state index in [1.807, 2.05) is 36.1 Å². The molecule has 1 aromatic carbocycles. The molecule has 0 aromatic heterocycles. The zero-order valence-electron chi connectivity index (χ0n) is 16.9. The van der Waals surface area contributed by atoms with Crippen molar-refractivity contribution in [2.75, 3.05) is 50.7 Å². The number of benzene rings is 1. The van der Waals surface area contributed by atoms with Gasteiger partial charge in [-0.15, -0.1) is 0 Å². The van der Waals surface area contributed by atoms with E-state index >= 15 is 0 Å². The number of carbonyl (C=O) groups excluding carboxylic acids is 1. The molecule has 2 aliphatic rings. The number of rotatable bonds is 4. The van der Waals surface area contributed by atoms with Gasteiger partial charge in [0.05, 0.1) is 0 Å². The number of fused-ring (bicyclic) bond motifs is 1. The zero-order chi connectivity index (χ0) is 21.0. The first-order chi connectivity index (χ1) is 13.8. The third-order valence-electron chi connectivity index (χ3n) is 5.52. The van der Waals surface area contributed by atoms with E-state index in [-0.39, 0.29) is 12.5 Å². The highest BCUT2D eigenvalue weighted by molar-refractivity contribution is 5.98. The number of alkyl halides is 3. The predicted molar refractivity (Wildman–Crippen MR) is 107 cm³/mol. The van der Waals surface area contributed by atoms with Gasteiger partial charge in [0.25, 0.3) is 0 Å². The monoisotopic (exact) mass is 411 g/mol. The van der Waals surface area contributed by atoms with Crippen LogP contribution in [0.15, 0.2) is 29.3 Å². The third-order valence-corrected chi connectivity index (χ3v) is 5.52. The van der Waals surface area contributed by atoms with Crippen LogP contribution in [0.3, 0.4) is 0 Å². The number of carbonyl (C=O) groups is 1. The summed E-state index contributed by atoms with van der Waals surface area (Å²) in [6.07, 6.45) is -3.38. The second-order valence-corrected chi connectivity index (χ2v) is 7.33. The predicted octanol–water partition coefficient (Wildman–Crippen LogP) is 2.11. The number of hydrogen-bond acceptors (Lipinski definition) is 3. The normalized spacial score (nSPS) is 19.3. The molecule has 9 heteroatoms. The Balaban J connectivity index is 1.60. The lowest BCUT2D eigenvalue weighted by Crippen LogP contribution is -2.56. The lowest BCUT2D eigenvalue weighted by Gasteiger charge is -2.39. The highest BCUT2D eigenvalue weighted by atomic mass is 19.4. The van der Waals surface area contributed by atoms with Gasteiger partial charge < -0.3 is 15.1 Å². The smallest absolute Gasteiger partial charge is 0.357 e. The fourth-order valence-electron chi connectivity index (χ4n) is 3.78. The Kier molecular flexibility index (Phi) is 6.66. The summed E-state index contributed by atoms with van der Waals surface area (Å²) in [6, 6.07) is 6.39. The Morgan fingerprint density at radius 2 is 1.86 bits per heavy atom. The van der Waals surface area contributed by atoms with Gasteiger partial charge in [-0.25, -0.2) is 4.99 Å². The van der Waals surface area contributed by atoms with E-state index in [4.69, 9.17) is 0 Å². The number of aliphatic imine (C=N–C) groups is 1. The number of nitrogens with one attached hydrogen (secondary N) is 1. The second kappa shape index (κ2) is 9.02. The van der Waals surface area contributed by atoms with Crippen LogP contribution >= 0.6 is 0 Å². The van der Waals surface area contributed by atoms with Crippen molar-refractivity contribution in [2.45, 2.75) is 32.5 Å². The standard InChI is InChI=1S/C20H28F3N5O/c1-3-24-19(27-12-10-26(11-13-27)15(2)20(21,22)23)25-14-18(29)28-9-8-16-6-4-5-7-17(16)28/h4-7,15H,3,8-14H2,1-2H3,(H,24,25). The van der Waals surface area contributed by atoms with E-state index in [0.717, 1.165) is 17.7 Å². The Morgan fingerprint density at radius 3 is 2.52 bits per heavy atom. The fourth-order valence-corrected chi connectivity index (χ4v) is 3.78. The highest BCUT2D eigenvalue weighted by Gasteiger charge is 2.41. The summed E-state index contributed by atoms with van der Waals surface area (Å²) in [5, 5.41) is 3.16. The van der Waals surface area contributed by atoms with E-state index in [2.05, 4.69) is 10.3 Å². The summed E-state index contributed by atoms with van der Waals surface area (Å²) in [7, 11) is 0. The molecular weight excluding hydrogens is 383 g/mol. The summed E-state index contributed by atoms with van der Waals surface area (Å²) in [6.45, 7) is 5.89. The first-order valence-corrected chi connectivity index (χ1v) is 10.0. The topological polar surface area (TPSA) is 51.2 Å². The SMILES string of the molecule is CCNC(=NCC(=O)N1CCc2ccccc21)N1CCN(C(C)C(F)(F)F)CC1. The van der Waals surface area contributed by atoms with Crippen LogP contribution in [0.1, 0.15) is 19.4 Å². The molecule has 0 radical (unpaired) electrons. The van der Waals surface area contributed by atoms with Crippen molar-refractivity contribution in [2.24, 2.45) is 4.99 Å². The molecule has 0 aliphatic carbocycles. The van der Waals surface area contributed by atoms with E-state index in [0.29, 0.717) is 45.2 Å². The van der Waals surface area contributed by atoms with Crippen molar-refractivity contribution >= 4 is 17.6 Å². The zero-order valence-corrected chi connectivity index (χ0v) is 16.9. The lowest BCUT2D eigenvalue weighted by atomic mass is 10.2. The minimum atomic E-state index is -4.22. The molecule has 29 heavy (non-hydrogen) atoms. The molecule has 1 amide bonds. The van der Waals surface area contributed by atoms with Gasteiger partial charge in [-0.1, -0.05) is 18.2 Å². The molecule has 1 fully saturated rings. The van der Waals surface area contributed by atoms with Crippen molar-refractivity contribution in [1.82, 2.24) is 15.1 Å². The molecule has 160 valence electrons. The lowest BCUT2D eigenvalue weighted by molar-refractivity contribution is -0.181. The first kappa shape index (κ1) is 21.4. The van der Waals surface area contributed by atoms with Crippen molar-refractivity contribution in [3.05, 3.63) is 29.8 Å². The molecule has 0 spiro atoms. The second-order valence-electron chi connectivity index (χ2n) is 7.33. The molecule has 0 saturated carbocycles. The van der Waals surface area contributed by atoms with Crippen LogP contribution in [0.2, 0.25) is 0 Å². The summed E-state index contributed by atoms with van der Waals surface area (Å²) in [4.78, 5) is 22.3. The average Bonchev–Trinajstić information content (AvgIpc) is 3.14. The van der Waals surface area contributed by atoms with Gasteiger partial charge in [0, 0.05) is 45.0 Å². The maximum atomic E-state index is 12.9. The van der Waals surface area contributed by atoms with Gasteiger partial charge in [-0.3, -0.25) is 9.69 Å². The minimum Gasteiger partial charge on any atom is -0.357 e. The minimum absolute atomic E-state index is 0.00976. The highest BCUT2D eigenvalue weighted by Crippen LogP contribution is 2.27. The third kappa shape index (κ3) is 5.01. The number of nitrogens with zero attached hydrogens (tertiary/aromatic N) is 4. The molecule has 1 aromatic rings. The van der Waals surface area contributed by atoms with Crippen molar-refractivity contribution in [3.8, 4) is 0 Å². The van der Waals surface area contributed by atoms with E-state index in [9.17, 15) is 18.0 Å². The molecular formula is C20H28F3N5O. The summed E-state index contributed by atoms with van der Waals surface area (Å²) >= 11 is 0. The maximum Gasteiger partial charge on any atom is 0.403 e. The summed E-state index contributed by atoms with van der Waals surface area (Å²) < 4.78 is 38.8. The molecule has 0 bridgehead atoms. The quantitative estimate of drug-likeness (QED) is 0.609. The van der Waals surface area contributed by atoms with Crippen molar-refractivity contribution in [1.29, 1.82) is 0 Å². The molecule has 1 unspecified atom stereocenters. The summed E-state index contributed by atoms with van der Waals surface area (Å²) in [5.74, 6) is 0.502. The molecule has 1 saturated heterocycles. The Bertz CT molecular complexity index is 744. The van der Waals surface area contributed by atoms with Gasteiger partial charge >= 0.3 is 6.18 Å². The van der Waals surface area contributed by atoms with Crippen LogP contribution in [-0.2, 0) is 11.2 Å². The van der Waals surface area contributed by atoms with Crippen LogP contribution in [0, 0.1) is 0 Å². The fraction of sp³-hybridized carbons (Fsp3) is 0.600. The van der Waals surface area contributed by atoms with Gasteiger partial charge in [-0.2, -0.15) is 13.2 Å². The Labute approximate surface area is 169 Å². The van der Waals surface area contributed by atoms with Gasteiger partial charge in [0.1, 0.15) is 12.6 Å². The van der Waals surface area contributed by atoms with Crippen LogP contribution < -0.4 is 10.2 Å². The number of amides is 1. The number of anilines is 1. The average molecular weight is 411 g/mol. The number of piperazine rings is 1. The Morgan fingerprint density at radius 1 is 1.17 bits per heavy atom. The molecule has 6 nitrogen and oxygen atoms in total. The summed E-state index contributed by atoms with van der Waals surface area (Å²) in [5.41, 5.74) is 2.10. The molecule has 3 rings (SSSR count). The van der Waals surface area contributed by atoms with Gasteiger partial charge in [0.2, 0.25) is 5.91 Å². The van der Waals surface area contributed by atoms with Crippen molar-refractivity contribution in [3.63, 3.8) is 0 Å². The van der Waals surface area contributed by atoms with Crippen LogP contribution in [0.5, 0.6) is 0 Å². The number of hydrogen-bond donors (Lipinski definition) is 1. The van der Waals surface area contributed by atoms with Crippen LogP contribution in [0.25, 0.3) is 0 Å². The van der Waals surface area contributed by atoms with E-state index in [1.54, 1.807) is 4.90 Å². The van der Waals surface area contributed by atoms with Gasteiger partial charge in [0.15, 0.2) is 5.96 Å². The van der Waals surface area contributed by atoms with Crippen LogP contribution in [0.4, 0.5) is 18.9 Å². The number of halogens is 3. The van der Waals surface area contributed by atoms with E-state index < -0.39 is 12.2 Å². The number of guanidine groups is 1. The van der Waals surface area contributed by atoms with Crippen molar-refractivity contribution < 1.29 is 18.0 Å². The maximum absolute atomic E-state index is 12.9. The van der Waals surface area contributed by atoms with E-state index in [1.165, 1.54) is 11.8 Å². The largest absolute Gasteiger partial charge is 0.403 e. The first-order valence-electron chi connectivity index (χ1n) is 10.0.